The van der Waals surface area contributed by atoms with Crippen LogP contribution in [-0.2, 0) is 0 Å². The second-order valence-electron chi connectivity index (χ2n) is 3.58. The Morgan fingerprint density at radius 2 is 2.07 bits per heavy atom. The van der Waals surface area contributed by atoms with Crippen LogP contribution in [0.4, 0.5) is 0 Å². The highest BCUT2D eigenvalue weighted by molar-refractivity contribution is 8.15. The maximum absolute atomic E-state index is 7.88. The van der Waals surface area contributed by atoms with Gasteiger partial charge in [-0.05, 0) is 26.3 Å². The van der Waals surface area contributed by atoms with Gasteiger partial charge in [-0.1, -0.05) is 11.8 Å². The first-order chi connectivity index (χ1) is 7.02. The molecule has 5 heteroatoms. The van der Waals surface area contributed by atoms with Gasteiger partial charge in [-0.2, -0.15) is 5.10 Å². The van der Waals surface area contributed by atoms with Crippen molar-refractivity contribution in [3.05, 3.63) is 17.0 Å². The zero-order valence-corrected chi connectivity index (χ0v) is 9.67. The van der Waals surface area contributed by atoms with Crippen molar-refractivity contribution < 1.29 is 0 Å². The fraction of sp³-hybridized carbons (Fsp3) is 0.300. The van der Waals surface area contributed by atoms with Gasteiger partial charge < -0.3 is 5.41 Å². The number of allylic oxidation sites excluding steroid dienone is 1. The molecule has 0 unspecified atom stereocenters. The molecule has 0 radical (unpaired) electrons. The first-order valence-corrected chi connectivity index (χ1v) is 5.42. The molecule has 0 aliphatic carbocycles. The molecular formula is C10H12N4S. The third-order valence-electron chi connectivity index (χ3n) is 2.50. The zero-order valence-electron chi connectivity index (χ0n) is 8.86. The zero-order chi connectivity index (χ0) is 11.2. The summed E-state index contributed by atoms with van der Waals surface area (Å²) in [6.07, 6.45) is 0. The Balaban J connectivity index is 2.65. The summed E-state index contributed by atoms with van der Waals surface area (Å²) in [7, 11) is 0. The number of aromatic amines is 1. The molecule has 0 spiro atoms. The van der Waals surface area contributed by atoms with Crippen LogP contribution in [-0.4, -0.2) is 21.0 Å². The number of H-pyrrole nitrogens is 1. The molecule has 0 atom stereocenters. The van der Waals surface area contributed by atoms with E-state index >= 15 is 0 Å². The third-order valence-corrected chi connectivity index (χ3v) is 3.61. The average molecular weight is 220 g/mol. The highest BCUT2D eigenvalue weighted by Crippen LogP contribution is 2.42. The highest BCUT2D eigenvalue weighted by Gasteiger charge is 2.29. The van der Waals surface area contributed by atoms with Crippen LogP contribution in [0, 0.1) is 17.7 Å². The first-order valence-electron chi connectivity index (χ1n) is 4.61. The Hall–Kier alpha value is -1.36. The van der Waals surface area contributed by atoms with Crippen molar-refractivity contribution >= 4 is 28.1 Å². The van der Waals surface area contributed by atoms with E-state index in [-0.39, 0.29) is 0 Å². The van der Waals surface area contributed by atoms with Crippen LogP contribution in [0.3, 0.4) is 0 Å². The van der Waals surface area contributed by atoms with Crippen molar-refractivity contribution in [3.8, 4) is 0 Å². The predicted octanol–water partition coefficient (Wildman–Crippen LogP) is 2.61. The van der Waals surface area contributed by atoms with E-state index in [2.05, 4.69) is 10.2 Å². The van der Waals surface area contributed by atoms with Crippen molar-refractivity contribution in [1.29, 1.82) is 10.8 Å². The first kappa shape index (κ1) is 10.2. The summed E-state index contributed by atoms with van der Waals surface area (Å²) >= 11 is 1.41. The van der Waals surface area contributed by atoms with Crippen LogP contribution in [0.5, 0.6) is 0 Å². The topological polar surface area (TPSA) is 76.4 Å². The lowest BCUT2D eigenvalue weighted by Crippen LogP contribution is -2.00. The van der Waals surface area contributed by atoms with Gasteiger partial charge in [0.25, 0.3) is 0 Å². The molecule has 2 heterocycles. The second kappa shape index (κ2) is 3.34. The van der Waals surface area contributed by atoms with Crippen molar-refractivity contribution in [2.45, 2.75) is 25.7 Å². The van der Waals surface area contributed by atoms with Gasteiger partial charge in [0, 0.05) is 17.0 Å². The highest BCUT2D eigenvalue weighted by atomic mass is 32.2. The molecule has 0 fully saturated rings. The van der Waals surface area contributed by atoms with Gasteiger partial charge >= 0.3 is 0 Å². The molecule has 2 rings (SSSR count). The van der Waals surface area contributed by atoms with E-state index in [9.17, 15) is 0 Å². The maximum atomic E-state index is 7.88. The smallest absolute Gasteiger partial charge is 0.109 e. The number of thioether (sulfide) groups is 1. The van der Waals surface area contributed by atoms with Crippen LogP contribution in [0.1, 0.15) is 25.2 Å². The molecule has 1 aromatic rings. The number of nitrogens with one attached hydrogen (secondary N) is 3. The van der Waals surface area contributed by atoms with Gasteiger partial charge in [0.1, 0.15) is 10.7 Å². The van der Waals surface area contributed by atoms with E-state index in [0.717, 1.165) is 27.4 Å². The van der Waals surface area contributed by atoms with Crippen LogP contribution >= 0.6 is 11.8 Å². The summed E-state index contributed by atoms with van der Waals surface area (Å²) in [4.78, 5) is 1.02. The van der Waals surface area contributed by atoms with E-state index < -0.39 is 0 Å². The van der Waals surface area contributed by atoms with Gasteiger partial charge in [-0.3, -0.25) is 10.5 Å². The maximum Gasteiger partial charge on any atom is 0.109 e. The lowest BCUT2D eigenvalue weighted by molar-refractivity contribution is 1.03. The Labute approximate surface area is 92.2 Å². The monoisotopic (exact) mass is 220 g/mol. The Bertz CT molecular complexity index is 496. The standard InChI is InChI=1S/C10H12N4S/c1-4(5(2)11)7-8-9(15-10(7)12)6(3)13-14-8/h11-12H,1-3H3,(H,13,14)/b7-4-,11-5?,12-10?. The van der Waals surface area contributed by atoms with E-state index in [1.165, 1.54) is 11.8 Å². The van der Waals surface area contributed by atoms with Crippen molar-refractivity contribution in [1.82, 2.24) is 10.2 Å². The lowest BCUT2D eigenvalue weighted by atomic mass is 10.0. The fourth-order valence-electron chi connectivity index (χ4n) is 1.51. The van der Waals surface area contributed by atoms with Crippen LogP contribution in [0.15, 0.2) is 10.5 Å². The van der Waals surface area contributed by atoms with E-state index in [1.807, 2.05) is 13.8 Å². The van der Waals surface area contributed by atoms with Gasteiger partial charge in [0.15, 0.2) is 0 Å². The van der Waals surface area contributed by atoms with Gasteiger partial charge in [0.05, 0.1) is 4.90 Å². The molecule has 1 aliphatic heterocycles. The van der Waals surface area contributed by atoms with Crippen LogP contribution < -0.4 is 0 Å². The fourth-order valence-corrected chi connectivity index (χ4v) is 2.51. The molecule has 0 bridgehead atoms. The third kappa shape index (κ3) is 1.43. The molecule has 15 heavy (non-hydrogen) atoms. The molecular weight excluding hydrogens is 208 g/mol. The Kier molecular flexibility index (Phi) is 2.26. The van der Waals surface area contributed by atoms with Crippen molar-refractivity contribution in [3.63, 3.8) is 0 Å². The lowest BCUT2D eigenvalue weighted by Gasteiger charge is -2.02. The van der Waals surface area contributed by atoms with Gasteiger partial charge in [-0.25, -0.2) is 0 Å². The molecule has 0 aromatic carbocycles. The van der Waals surface area contributed by atoms with Gasteiger partial charge in [-0.15, -0.1) is 0 Å². The summed E-state index contributed by atoms with van der Waals surface area (Å²) in [5.74, 6) is 0. The van der Waals surface area contributed by atoms with Crippen molar-refractivity contribution in [2.24, 2.45) is 0 Å². The van der Waals surface area contributed by atoms with E-state index in [1.54, 1.807) is 6.92 Å². The molecule has 0 saturated heterocycles. The van der Waals surface area contributed by atoms with Gasteiger partial charge in [0.2, 0.25) is 0 Å². The molecule has 3 N–H and O–H groups in total. The van der Waals surface area contributed by atoms with Crippen LogP contribution in [0.25, 0.3) is 5.57 Å². The average Bonchev–Trinajstić information content (AvgIpc) is 2.65. The second-order valence-corrected chi connectivity index (χ2v) is 4.60. The summed E-state index contributed by atoms with van der Waals surface area (Å²) in [5, 5.41) is 23.1. The van der Waals surface area contributed by atoms with E-state index in [4.69, 9.17) is 10.8 Å². The largest absolute Gasteiger partial charge is 0.305 e. The number of fused-ring (bicyclic) bond motifs is 1. The summed E-state index contributed by atoms with van der Waals surface area (Å²) in [6, 6.07) is 0. The Morgan fingerprint density at radius 3 is 2.67 bits per heavy atom. The quantitative estimate of drug-likeness (QED) is 0.636. The molecule has 0 amide bonds. The number of rotatable bonds is 1. The summed E-state index contributed by atoms with van der Waals surface area (Å²) < 4.78 is 0. The molecule has 78 valence electrons. The minimum Gasteiger partial charge on any atom is -0.305 e. The number of nitrogens with zero attached hydrogens (tertiary/aromatic N) is 1. The predicted molar refractivity (Wildman–Crippen MR) is 62.9 cm³/mol. The normalized spacial score (nSPS) is 17.9. The number of hydrogen-bond donors (Lipinski definition) is 3. The summed E-state index contributed by atoms with van der Waals surface area (Å²) in [5.41, 5.74) is 3.94. The molecule has 1 aliphatic rings. The number of hydrogen-bond acceptors (Lipinski definition) is 4. The molecule has 1 aromatic heterocycles. The molecule has 0 saturated carbocycles. The molecule has 4 nitrogen and oxygen atoms in total. The summed E-state index contributed by atoms with van der Waals surface area (Å²) in [6.45, 7) is 5.55. The van der Waals surface area contributed by atoms with Crippen molar-refractivity contribution in [2.75, 3.05) is 0 Å². The Morgan fingerprint density at radius 1 is 1.40 bits per heavy atom. The SMILES string of the molecule is CC(=N)/C(C)=C1\C(=N)Sc2c1n[nH]c2C. The van der Waals surface area contributed by atoms with E-state index in [0.29, 0.717) is 10.8 Å². The minimum absolute atomic E-state index is 0.490. The number of aromatic nitrogens is 2. The minimum atomic E-state index is 0.490. The number of aryl methyl sites for hydroxylation is 1. The van der Waals surface area contributed by atoms with Crippen LogP contribution in [0.2, 0.25) is 0 Å².